The van der Waals surface area contributed by atoms with Crippen molar-refractivity contribution in [2.24, 2.45) is 0 Å². The first-order chi connectivity index (χ1) is 5.63. The summed E-state index contributed by atoms with van der Waals surface area (Å²) in [5.41, 5.74) is 0. The van der Waals surface area contributed by atoms with E-state index in [0.29, 0.717) is 18.1 Å². The minimum Gasteiger partial charge on any atom is -0.411 e. The van der Waals surface area contributed by atoms with Crippen LogP contribution >= 0.6 is 0 Å². The maximum atomic E-state index is 5.12. The molecule has 68 valence electrons. The van der Waals surface area contributed by atoms with Crippen LogP contribution in [0.5, 0.6) is 0 Å². The summed E-state index contributed by atoms with van der Waals surface area (Å²) in [6.07, 6.45) is 1.35. The van der Waals surface area contributed by atoms with E-state index in [1.807, 2.05) is 0 Å². The van der Waals surface area contributed by atoms with E-state index in [4.69, 9.17) is 4.42 Å². The van der Waals surface area contributed by atoms with Gasteiger partial charge in [-0.15, -0.1) is 5.10 Å². The second-order valence-electron chi connectivity index (χ2n) is 3.32. The van der Waals surface area contributed by atoms with Crippen LogP contribution < -0.4 is 4.90 Å². The Morgan fingerprint density at radius 1 is 1.25 bits per heavy atom. The van der Waals surface area contributed by atoms with Crippen LogP contribution in [0.15, 0.2) is 10.8 Å². The predicted octanol–water partition coefficient (Wildman–Crippen LogP) is 1.69. The van der Waals surface area contributed by atoms with E-state index in [1.165, 1.54) is 6.39 Å². The van der Waals surface area contributed by atoms with Gasteiger partial charge in [-0.25, -0.2) is 0 Å². The van der Waals surface area contributed by atoms with Crippen LogP contribution in [0.2, 0.25) is 0 Å². The third-order valence-corrected chi connectivity index (χ3v) is 1.68. The van der Waals surface area contributed by atoms with E-state index in [1.54, 1.807) is 0 Å². The van der Waals surface area contributed by atoms with E-state index >= 15 is 0 Å². The minimum atomic E-state index is 0.380. The van der Waals surface area contributed by atoms with Crippen molar-refractivity contribution in [3.63, 3.8) is 0 Å². The van der Waals surface area contributed by atoms with E-state index in [2.05, 4.69) is 42.8 Å². The third-order valence-electron chi connectivity index (χ3n) is 1.68. The maximum Gasteiger partial charge on any atom is 0.318 e. The van der Waals surface area contributed by atoms with Crippen molar-refractivity contribution in [2.75, 3.05) is 4.90 Å². The van der Waals surface area contributed by atoms with Gasteiger partial charge in [0.2, 0.25) is 6.39 Å². The van der Waals surface area contributed by atoms with Crippen molar-refractivity contribution < 1.29 is 4.42 Å². The molecule has 12 heavy (non-hydrogen) atoms. The Balaban J connectivity index is 2.81. The zero-order chi connectivity index (χ0) is 9.14. The Morgan fingerprint density at radius 2 is 1.83 bits per heavy atom. The van der Waals surface area contributed by atoms with Gasteiger partial charge in [0.15, 0.2) is 0 Å². The Morgan fingerprint density at radius 3 is 2.17 bits per heavy atom. The highest BCUT2D eigenvalue weighted by molar-refractivity contribution is 5.26. The Kier molecular flexibility index (Phi) is 2.68. The van der Waals surface area contributed by atoms with Crippen LogP contribution in [-0.4, -0.2) is 22.3 Å². The molecule has 1 heterocycles. The first kappa shape index (κ1) is 9.03. The lowest BCUT2D eigenvalue weighted by Crippen LogP contribution is -2.37. The molecule has 0 saturated heterocycles. The lowest BCUT2D eigenvalue weighted by atomic mass is 10.2. The summed E-state index contributed by atoms with van der Waals surface area (Å²) in [5, 5.41) is 7.52. The number of nitrogens with zero attached hydrogens (tertiary/aromatic N) is 3. The fourth-order valence-corrected chi connectivity index (χ4v) is 1.32. The summed E-state index contributed by atoms with van der Waals surface area (Å²) in [6, 6.07) is 1.36. The molecule has 0 fully saturated rings. The molecular weight excluding hydrogens is 154 g/mol. The van der Waals surface area contributed by atoms with Crippen molar-refractivity contribution in [1.29, 1.82) is 0 Å². The van der Waals surface area contributed by atoms with Crippen molar-refractivity contribution in [3.8, 4) is 0 Å². The Bertz CT molecular complexity index is 210. The molecule has 0 amide bonds. The first-order valence-electron chi connectivity index (χ1n) is 4.17. The van der Waals surface area contributed by atoms with Crippen molar-refractivity contribution in [3.05, 3.63) is 6.39 Å². The Hall–Kier alpha value is -1.06. The van der Waals surface area contributed by atoms with Crippen molar-refractivity contribution >= 4 is 6.01 Å². The van der Waals surface area contributed by atoms with Gasteiger partial charge in [0.05, 0.1) is 0 Å². The summed E-state index contributed by atoms with van der Waals surface area (Å²) in [6.45, 7) is 8.41. The molecule has 0 bridgehead atoms. The molecule has 0 spiro atoms. The van der Waals surface area contributed by atoms with E-state index in [9.17, 15) is 0 Å². The quantitative estimate of drug-likeness (QED) is 0.690. The van der Waals surface area contributed by atoms with Gasteiger partial charge in [0.25, 0.3) is 0 Å². The van der Waals surface area contributed by atoms with E-state index in [0.717, 1.165) is 0 Å². The molecule has 1 aromatic rings. The molecular formula is C8H15N3O. The maximum absolute atomic E-state index is 5.12. The van der Waals surface area contributed by atoms with Crippen LogP contribution in [0.25, 0.3) is 0 Å². The van der Waals surface area contributed by atoms with Gasteiger partial charge in [-0.1, -0.05) is 5.10 Å². The highest BCUT2D eigenvalue weighted by Crippen LogP contribution is 2.15. The van der Waals surface area contributed by atoms with Crippen LogP contribution in [-0.2, 0) is 0 Å². The summed E-state index contributed by atoms with van der Waals surface area (Å²) in [5.74, 6) is 0. The van der Waals surface area contributed by atoms with Crippen LogP contribution in [0.1, 0.15) is 27.7 Å². The molecule has 0 aliphatic carbocycles. The summed E-state index contributed by atoms with van der Waals surface area (Å²) < 4.78 is 5.12. The van der Waals surface area contributed by atoms with Gasteiger partial charge >= 0.3 is 6.01 Å². The molecule has 1 rings (SSSR count). The van der Waals surface area contributed by atoms with Gasteiger partial charge in [0.1, 0.15) is 0 Å². The second kappa shape index (κ2) is 3.56. The van der Waals surface area contributed by atoms with Crippen molar-refractivity contribution in [1.82, 2.24) is 10.2 Å². The monoisotopic (exact) mass is 169 g/mol. The average Bonchev–Trinajstić information content (AvgIpc) is 2.37. The van der Waals surface area contributed by atoms with E-state index < -0.39 is 0 Å². The fraction of sp³-hybridized carbons (Fsp3) is 0.750. The standard InChI is InChI=1S/C8H15N3O/c1-6(2)11(7(3)4)8-10-9-5-12-8/h5-7H,1-4H3. The molecule has 4 heteroatoms. The summed E-state index contributed by atoms with van der Waals surface area (Å²) in [7, 11) is 0. The smallest absolute Gasteiger partial charge is 0.318 e. The summed E-state index contributed by atoms with van der Waals surface area (Å²) in [4.78, 5) is 2.08. The zero-order valence-corrected chi connectivity index (χ0v) is 7.98. The largest absolute Gasteiger partial charge is 0.411 e. The van der Waals surface area contributed by atoms with Gasteiger partial charge in [-0.05, 0) is 27.7 Å². The normalized spacial score (nSPS) is 11.2. The minimum absolute atomic E-state index is 0.380. The highest BCUT2D eigenvalue weighted by Gasteiger charge is 2.17. The average molecular weight is 169 g/mol. The van der Waals surface area contributed by atoms with Gasteiger partial charge in [-0.3, -0.25) is 0 Å². The van der Waals surface area contributed by atoms with Crippen LogP contribution in [0, 0.1) is 0 Å². The number of anilines is 1. The van der Waals surface area contributed by atoms with Crippen LogP contribution in [0.3, 0.4) is 0 Å². The number of aromatic nitrogens is 2. The topological polar surface area (TPSA) is 42.2 Å². The molecule has 4 nitrogen and oxygen atoms in total. The molecule has 0 saturated carbocycles. The lowest BCUT2D eigenvalue weighted by molar-refractivity contribution is 0.485. The molecule has 0 N–H and O–H groups in total. The molecule has 1 aromatic heterocycles. The molecule has 0 atom stereocenters. The molecule has 0 radical (unpaired) electrons. The first-order valence-corrected chi connectivity index (χ1v) is 4.17. The molecule has 0 aromatic carbocycles. The highest BCUT2D eigenvalue weighted by atomic mass is 16.4. The summed E-state index contributed by atoms with van der Waals surface area (Å²) >= 11 is 0. The van der Waals surface area contributed by atoms with Gasteiger partial charge in [0, 0.05) is 12.1 Å². The molecule has 0 unspecified atom stereocenters. The molecule has 0 aliphatic rings. The number of hydrogen-bond donors (Lipinski definition) is 0. The van der Waals surface area contributed by atoms with Gasteiger partial charge in [-0.2, -0.15) is 0 Å². The number of hydrogen-bond acceptors (Lipinski definition) is 4. The predicted molar refractivity (Wildman–Crippen MR) is 47.0 cm³/mol. The van der Waals surface area contributed by atoms with E-state index in [-0.39, 0.29) is 0 Å². The third kappa shape index (κ3) is 1.75. The number of rotatable bonds is 3. The molecule has 0 aliphatic heterocycles. The lowest BCUT2D eigenvalue weighted by Gasteiger charge is -2.28. The van der Waals surface area contributed by atoms with Crippen molar-refractivity contribution in [2.45, 2.75) is 39.8 Å². The SMILES string of the molecule is CC(C)N(c1nnco1)C(C)C. The van der Waals surface area contributed by atoms with Gasteiger partial charge < -0.3 is 9.32 Å². The second-order valence-corrected chi connectivity index (χ2v) is 3.32. The Labute approximate surface area is 72.6 Å². The van der Waals surface area contributed by atoms with Crippen LogP contribution in [0.4, 0.5) is 6.01 Å². The zero-order valence-electron chi connectivity index (χ0n) is 7.98. The fourth-order valence-electron chi connectivity index (χ4n) is 1.32.